The van der Waals surface area contributed by atoms with E-state index in [1.807, 2.05) is 11.0 Å². The van der Waals surface area contributed by atoms with Gasteiger partial charge in [0.15, 0.2) is 0 Å². The number of ether oxygens (including phenoxy) is 1. The fraction of sp³-hybridized carbons (Fsp3) is 0.722. The number of nitrogens with zero attached hydrogens (tertiary/aromatic N) is 3. The first-order valence-electron chi connectivity index (χ1n) is 9.68. The van der Waals surface area contributed by atoms with Gasteiger partial charge in [0.05, 0.1) is 17.9 Å². The molecule has 0 radical (unpaired) electrons. The van der Waals surface area contributed by atoms with E-state index in [-0.39, 0.29) is 18.0 Å². The number of hydrogen-bond acceptors (Lipinski definition) is 4. The predicted molar refractivity (Wildman–Crippen MR) is 94.5 cm³/mol. The van der Waals surface area contributed by atoms with Crippen molar-refractivity contribution in [3.8, 4) is 0 Å². The minimum atomic E-state index is -0.281. The van der Waals surface area contributed by atoms with Crippen LogP contribution < -0.4 is 5.32 Å². The molecule has 1 atom stereocenters. The summed E-state index contributed by atoms with van der Waals surface area (Å²) in [6, 6.07) is 1.96. The number of rotatable bonds is 4. The van der Waals surface area contributed by atoms with Crippen LogP contribution in [0.3, 0.4) is 0 Å². The summed E-state index contributed by atoms with van der Waals surface area (Å²) >= 11 is 0. The molecular weight excluding hydrogens is 334 g/mol. The van der Waals surface area contributed by atoms with E-state index in [0.29, 0.717) is 45.2 Å². The third-order valence-electron chi connectivity index (χ3n) is 5.38. The molecule has 1 saturated carbocycles. The molecule has 142 valence electrons. The lowest BCUT2D eigenvalue weighted by Gasteiger charge is -2.24. The van der Waals surface area contributed by atoms with Crippen molar-refractivity contribution in [3.05, 3.63) is 17.5 Å². The van der Waals surface area contributed by atoms with E-state index >= 15 is 0 Å². The van der Waals surface area contributed by atoms with Gasteiger partial charge in [-0.25, -0.2) is 4.79 Å². The molecule has 1 aromatic heterocycles. The molecule has 3 fully saturated rings. The van der Waals surface area contributed by atoms with Gasteiger partial charge in [-0.3, -0.25) is 9.89 Å². The van der Waals surface area contributed by atoms with Crippen LogP contribution in [0.5, 0.6) is 0 Å². The molecule has 2 saturated heterocycles. The second kappa shape index (κ2) is 7.65. The minimum Gasteiger partial charge on any atom is -0.368 e. The number of hydrogen-bond donors (Lipinski definition) is 2. The van der Waals surface area contributed by atoms with Crippen LogP contribution in [0.25, 0.3) is 0 Å². The Bertz CT molecular complexity index is 651. The highest BCUT2D eigenvalue weighted by molar-refractivity contribution is 5.81. The second-order valence-electron chi connectivity index (χ2n) is 7.42. The van der Waals surface area contributed by atoms with Crippen LogP contribution in [-0.2, 0) is 16.1 Å². The molecule has 8 nitrogen and oxygen atoms in total. The highest BCUT2D eigenvalue weighted by atomic mass is 16.5. The third kappa shape index (κ3) is 4.00. The van der Waals surface area contributed by atoms with Gasteiger partial charge >= 0.3 is 6.03 Å². The molecule has 8 heteroatoms. The van der Waals surface area contributed by atoms with Crippen molar-refractivity contribution in [2.45, 2.75) is 50.7 Å². The maximum absolute atomic E-state index is 12.5. The second-order valence-corrected chi connectivity index (χ2v) is 7.42. The first-order chi connectivity index (χ1) is 12.7. The van der Waals surface area contributed by atoms with E-state index < -0.39 is 0 Å². The van der Waals surface area contributed by atoms with Crippen LogP contribution in [0, 0.1) is 0 Å². The molecule has 3 amide bonds. The Labute approximate surface area is 153 Å². The summed E-state index contributed by atoms with van der Waals surface area (Å²) in [5.74, 6) is 0.684. The fourth-order valence-electron chi connectivity index (χ4n) is 3.66. The van der Waals surface area contributed by atoms with Crippen LogP contribution in [-0.4, -0.2) is 70.8 Å². The summed E-state index contributed by atoms with van der Waals surface area (Å²) in [4.78, 5) is 28.6. The molecule has 1 aliphatic carbocycles. The average molecular weight is 361 g/mol. The lowest BCUT2D eigenvalue weighted by Crippen LogP contribution is -2.44. The van der Waals surface area contributed by atoms with Crippen molar-refractivity contribution in [1.29, 1.82) is 0 Å². The number of H-pyrrole nitrogens is 1. The van der Waals surface area contributed by atoms with E-state index in [1.54, 1.807) is 4.90 Å². The van der Waals surface area contributed by atoms with E-state index in [4.69, 9.17) is 4.74 Å². The normalized spacial score (nSPS) is 23.8. The predicted octanol–water partition coefficient (Wildman–Crippen LogP) is 1.21. The number of nitrogens with one attached hydrogen (secondary N) is 2. The van der Waals surface area contributed by atoms with Crippen molar-refractivity contribution in [2.75, 3.05) is 32.8 Å². The van der Waals surface area contributed by atoms with Gasteiger partial charge in [-0.2, -0.15) is 5.10 Å². The van der Waals surface area contributed by atoms with E-state index in [9.17, 15) is 9.59 Å². The molecule has 0 spiro atoms. The number of aromatic amines is 1. The Morgan fingerprint density at radius 1 is 1.15 bits per heavy atom. The van der Waals surface area contributed by atoms with Gasteiger partial charge < -0.3 is 19.9 Å². The van der Waals surface area contributed by atoms with Crippen molar-refractivity contribution >= 4 is 11.9 Å². The van der Waals surface area contributed by atoms with Crippen LogP contribution in [0.4, 0.5) is 4.79 Å². The standard InChI is InChI=1S/C18H27N5O3/c24-17(16-3-1-10-26-16)22-6-2-7-23(9-8-22)18(25)19-12-14-11-15(21-20-14)13-4-5-13/h11,13,16H,1-10,12H2,(H,19,25)(H,20,21)/t16-/m0/s1. The molecule has 0 bridgehead atoms. The van der Waals surface area contributed by atoms with Gasteiger partial charge in [-0.1, -0.05) is 0 Å². The van der Waals surface area contributed by atoms with Gasteiger partial charge in [0.2, 0.25) is 0 Å². The number of amides is 3. The third-order valence-corrected chi connectivity index (χ3v) is 5.38. The number of carbonyl (C=O) groups is 2. The zero-order valence-corrected chi connectivity index (χ0v) is 15.1. The van der Waals surface area contributed by atoms with Crippen LogP contribution >= 0.6 is 0 Å². The Morgan fingerprint density at radius 2 is 1.96 bits per heavy atom. The van der Waals surface area contributed by atoms with Gasteiger partial charge in [0.1, 0.15) is 6.10 Å². The quantitative estimate of drug-likeness (QED) is 0.843. The Hall–Kier alpha value is -2.09. The van der Waals surface area contributed by atoms with E-state index in [1.165, 1.54) is 12.8 Å². The first-order valence-corrected chi connectivity index (χ1v) is 9.68. The molecule has 26 heavy (non-hydrogen) atoms. The van der Waals surface area contributed by atoms with Gasteiger partial charge in [-0.05, 0) is 38.2 Å². The molecule has 4 rings (SSSR count). The van der Waals surface area contributed by atoms with Crippen LogP contribution in [0.1, 0.15) is 49.4 Å². The maximum atomic E-state index is 12.5. The van der Waals surface area contributed by atoms with Crippen molar-refractivity contribution < 1.29 is 14.3 Å². The monoisotopic (exact) mass is 361 g/mol. The first kappa shape index (κ1) is 17.3. The zero-order valence-electron chi connectivity index (χ0n) is 15.1. The summed E-state index contributed by atoms with van der Waals surface area (Å²) in [7, 11) is 0. The van der Waals surface area contributed by atoms with Crippen molar-refractivity contribution in [1.82, 2.24) is 25.3 Å². The lowest BCUT2D eigenvalue weighted by atomic mass is 10.2. The van der Waals surface area contributed by atoms with E-state index in [0.717, 1.165) is 30.7 Å². The summed E-state index contributed by atoms with van der Waals surface area (Å²) in [6.45, 7) is 3.61. The van der Waals surface area contributed by atoms with E-state index in [2.05, 4.69) is 15.5 Å². The summed E-state index contributed by atoms with van der Waals surface area (Å²) in [5.41, 5.74) is 2.04. The smallest absolute Gasteiger partial charge is 0.317 e. The Morgan fingerprint density at radius 3 is 2.73 bits per heavy atom. The van der Waals surface area contributed by atoms with Crippen LogP contribution in [0.2, 0.25) is 0 Å². The molecular formula is C18H27N5O3. The summed E-state index contributed by atoms with van der Waals surface area (Å²) in [6.07, 6.45) is 4.71. The van der Waals surface area contributed by atoms with Crippen LogP contribution in [0.15, 0.2) is 6.07 Å². The maximum Gasteiger partial charge on any atom is 0.317 e. The molecule has 0 aromatic carbocycles. The Balaban J connectivity index is 1.24. The zero-order chi connectivity index (χ0) is 17.9. The number of urea groups is 1. The highest BCUT2D eigenvalue weighted by Gasteiger charge is 2.30. The highest BCUT2D eigenvalue weighted by Crippen LogP contribution is 2.38. The van der Waals surface area contributed by atoms with Gasteiger partial charge in [-0.15, -0.1) is 0 Å². The number of carbonyl (C=O) groups excluding carboxylic acids is 2. The largest absolute Gasteiger partial charge is 0.368 e. The van der Waals surface area contributed by atoms with Gasteiger partial charge in [0.25, 0.3) is 5.91 Å². The number of aromatic nitrogens is 2. The lowest BCUT2D eigenvalue weighted by molar-refractivity contribution is -0.140. The average Bonchev–Trinajstić information content (AvgIpc) is 3.24. The molecule has 3 aliphatic rings. The fourth-order valence-corrected chi connectivity index (χ4v) is 3.66. The topological polar surface area (TPSA) is 90.6 Å². The minimum absolute atomic E-state index is 0.0785. The molecule has 1 aromatic rings. The summed E-state index contributed by atoms with van der Waals surface area (Å²) in [5, 5.41) is 10.3. The van der Waals surface area contributed by atoms with Crippen molar-refractivity contribution in [3.63, 3.8) is 0 Å². The van der Waals surface area contributed by atoms with Crippen molar-refractivity contribution in [2.24, 2.45) is 0 Å². The molecule has 0 unspecified atom stereocenters. The molecule has 2 N–H and O–H groups in total. The SMILES string of the molecule is O=C(NCc1cc(C2CC2)n[nH]1)N1CCCN(C(=O)[C@@H]2CCCO2)CC1. The molecule has 3 heterocycles. The summed E-state index contributed by atoms with van der Waals surface area (Å²) < 4.78 is 5.50. The molecule has 2 aliphatic heterocycles. The van der Waals surface area contributed by atoms with Gasteiger partial charge in [0, 0.05) is 38.7 Å². The Kier molecular flexibility index (Phi) is 5.10.